The van der Waals surface area contributed by atoms with Crippen molar-refractivity contribution in [3.05, 3.63) is 70.7 Å². The first kappa shape index (κ1) is 21.2. The molecule has 2 aromatic heterocycles. The number of pyridine rings is 1. The summed E-state index contributed by atoms with van der Waals surface area (Å²) in [7, 11) is 1.66. The SMILES string of the molecule is COc1ccc(N2CCN(C(=O)c3c(-c4cncnc4)cc(=O)n4c3CCCC4)CC2)cc1. The second-order valence-electron chi connectivity index (χ2n) is 8.43. The van der Waals surface area contributed by atoms with Crippen molar-refractivity contribution in [3.8, 4) is 16.9 Å². The van der Waals surface area contributed by atoms with Crippen LogP contribution in [0.15, 0.2) is 53.8 Å². The Kier molecular flexibility index (Phi) is 5.81. The largest absolute Gasteiger partial charge is 0.497 e. The van der Waals surface area contributed by atoms with Crippen LogP contribution in [0.5, 0.6) is 5.75 Å². The zero-order chi connectivity index (χ0) is 22.8. The number of piperazine rings is 1. The molecule has 0 saturated carbocycles. The van der Waals surface area contributed by atoms with Crippen molar-refractivity contribution in [2.45, 2.75) is 25.8 Å². The Morgan fingerprint density at radius 2 is 1.70 bits per heavy atom. The summed E-state index contributed by atoms with van der Waals surface area (Å²) in [5.74, 6) is 0.808. The van der Waals surface area contributed by atoms with E-state index in [2.05, 4.69) is 14.9 Å². The van der Waals surface area contributed by atoms with Crippen LogP contribution in [0.3, 0.4) is 0 Å². The van der Waals surface area contributed by atoms with Crippen LogP contribution in [0.2, 0.25) is 0 Å². The van der Waals surface area contributed by atoms with Crippen molar-refractivity contribution in [3.63, 3.8) is 0 Å². The van der Waals surface area contributed by atoms with E-state index < -0.39 is 0 Å². The zero-order valence-corrected chi connectivity index (χ0v) is 18.7. The van der Waals surface area contributed by atoms with Gasteiger partial charge in [-0.15, -0.1) is 0 Å². The Balaban J connectivity index is 1.44. The number of nitrogens with zero attached hydrogens (tertiary/aromatic N) is 5. The molecule has 0 spiro atoms. The summed E-state index contributed by atoms with van der Waals surface area (Å²) in [6.45, 7) is 3.39. The van der Waals surface area contributed by atoms with Crippen molar-refractivity contribution < 1.29 is 9.53 Å². The molecule has 1 fully saturated rings. The first-order chi connectivity index (χ1) is 16.2. The number of amides is 1. The predicted molar refractivity (Wildman–Crippen MR) is 126 cm³/mol. The summed E-state index contributed by atoms with van der Waals surface area (Å²) in [5.41, 5.74) is 3.86. The molecule has 170 valence electrons. The average Bonchev–Trinajstić information content (AvgIpc) is 2.89. The number of benzene rings is 1. The predicted octanol–water partition coefficient (Wildman–Crippen LogP) is 2.61. The lowest BCUT2D eigenvalue weighted by Gasteiger charge is -2.37. The normalized spacial score (nSPS) is 15.8. The zero-order valence-electron chi connectivity index (χ0n) is 18.7. The maximum atomic E-state index is 13.8. The second kappa shape index (κ2) is 9.05. The first-order valence-corrected chi connectivity index (χ1v) is 11.4. The van der Waals surface area contributed by atoms with Gasteiger partial charge < -0.3 is 19.1 Å². The highest BCUT2D eigenvalue weighted by molar-refractivity contribution is 6.02. The second-order valence-corrected chi connectivity index (χ2v) is 8.43. The quantitative estimate of drug-likeness (QED) is 0.614. The molecule has 1 saturated heterocycles. The van der Waals surface area contributed by atoms with E-state index in [4.69, 9.17) is 4.74 Å². The number of rotatable bonds is 4. The first-order valence-electron chi connectivity index (χ1n) is 11.4. The molecule has 3 aromatic rings. The molecular formula is C25H27N5O3. The standard InChI is InChI=1S/C25H27N5O3/c1-33-20-7-5-19(6-8-20)28-10-12-29(13-11-28)25(32)24-21(18-15-26-17-27-16-18)14-23(31)30-9-3-2-4-22(24)30/h5-8,14-17H,2-4,9-13H2,1H3. The van der Waals surface area contributed by atoms with E-state index in [0.717, 1.165) is 49.5 Å². The van der Waals surface area contributed by atoms with Crippen LogP contribution in [-0.4, -0.2) is 58.6 Å². The molecule has 4 heterocycles. The lowest BCUT2D eigenvalue weighted by molar-refractivity contribution is 0.0744. The number of anilines is 1. The van der Waals surface area contributed by atoms with Crippen molar-refractivity contribution in [2.24, 2.45) is 0 Å². The van der Waals surface area contributed by atoms with E-state index in [1.54, 1.807) is 30.1 Å². The van der Waals surface area contributed by atoms with Crippen molar-refractivity contribution in [2.75, 3.05) is 38.2 Å². The third-order valence-electron chi connectivity index (χ3n) is 6.55. The van der Waals surface area contributed by atoms with Crippen LogP contribution in [0, 0.1) is 0 Å². The number of methoxy groups -OCH3 is 1. The molecule has 1 amide bonds. The summed E-state index contributed by atoms with van der Waals surface area (Å²) in [6.07, 6.45) is 7.44. The lowest BCUT2D eigenvalue weighted by Crippen LogP contribution is -2.49. The van der Waals surface area contributed by atoms with Crippen molar-refractivity contribution >= 4 is 11.6 Å². The van der Waals surface area contributed by atoms with Crippen LogP contribution in [0.4, 0.5) is 5.69 Å². The Hall–Kier alpha value is -3.68. The van der Waals surface area contributed by atoms with E-state index in [0.29, 0.717) is 36.3 Å². The van der Waals surface area contributed by atoms with Gasteiger partial charge in [0.15, 0.2) is 0 Å². The summed E-state index contributed by atoms with van der Waals surface area (Å²) in [6, 6.07) is 9.58. The van der Waals surface area contributed by atoms with Gasteiger partial charge in [0.05, 0.1) is 12.7 Å². The molecular weight excluding hydrogens is 418 g/mol. The molecule has 2 aliphatic rings. The third-order valence-corrected chi connectivity index (χ3v) is 6.55. The van der Waals surface area contributed by atoms with Crippen LogP contribution in [0.25, 0.3) is 11.1 Å². The minimum atomic E-state index is -0.0653. The average molecular weight is 446 g/mol. The number of carbonyl (C=O) groups excluding carboxylic acids is 1. The van der Waals surface area contributed by atoms with Crippen LogP contribution < -0.4 is 15.2 Å². The smallest absolute Gasteiger partial charge is 0.256 e. The molecule has 0 radical (unpaired) electrons. The van der Waals surface area contributed by atoms with Gasteiger partial charge >= 0.3 is 0 Å². The van der Waals surface area contributed by atoms with E-state index >= 15 is 0 Å². The van der Waals surface area contributed by atoms with Gasteiger partial charge in [0.1, 0.15) is 12.1 Å². The van der Waals surface area contributed by atoms with Gasteiger partial charge in [0.2, 0.25) is 0 Å². The highest BCUT2D eigenvalue weighted by Crippen LogP contribution is 2.29. The van der Waals surface area contributed by atoms with Gasteiger partial charge in [0.25, 0.3) is 11.5 Å². The fourth-order valence-electron chi connectivity index (χ4n) is 4.79. The van der Waals surface area contributed by atoms with Crippen molar-refractivity contribution in [1.82, 2.24) is 19.4 Å². The summed E-state index contributed by atoms with van der Waals surface area (Å²) in [5, 5.41) is 0. The van der Waals surface area contributed by atoms with E-state index in [9.17, 15) is 9.59 Å². The number of ether oxygens (including phenoxy) is 1. The topological polar surface area (TPSA) is 80.6 Å². The molecule has 0 N–H and O–H groups in total. The Labute approximate surface area is 192 Å². The maximum Gasteiger partial charge on any atom is 0.256 e. The van der Waals surface area contributed by atoms with Gasteiger partial charge in [-0.25, -0.2) is 9.97 Å². The van der Waals surface area contributed by atoms with Gasteiger partial charge in [-0.05, 0) is 43.5 Å². The van der Waals surface area contributed by atoms with Crippen LogP contribution in [0.1, 0.15) is 28.9 Å². The number of hydrogen-bond donors (Lipinski definition) is 0. The number of hydrogen-bond acceptors (Lipinski definition) is 6. The van der Waals surface area contributed by atoms with Crippen LogP contribution in [-0.2, 0) is 13.0 Å². The Morgan fingerprint density at radius 1 is 0.970 bits per heavy atom. The fourth-order valence-corrected chi connectivity index (χ4v) is 4.79. The van der Waals surface area contributed by atoms with Crippen LogP contribution >= 0.6 is 0 Å². The van der Waals surface area contributed by atoms with E-state index in [1.165, 1.54) is 6.33 Å². The van der Waals surface area contributed by atoms with Gasteiger partial charge in [-0.3, -0.25) is 9.59 Å². The minimum Gasteiger partial charge on any atom is -0.497 e. The molecule has 0 atom stereocenters. The van der Waals surface area contributed by atoms with E-state index in [1.807, 2.05) is 29.2 Å². The number of aromatic nitrogens is 3. The lowest BCUT2D eigenvalue weighted by atomic mass is 9.94. The molecule has 33 heavy (non-hydrogen) atoms. The fraction of sp³-hybridized carbons (Fsp3) is 0.360. The Bertz CT molecular complexity index is 1200. The van der Waals surface area contributed by atoms with Gasteiger partial charge in [-0.1, -0.05) is 0 Å². The molecule has 2 aliphatic heterocycles. The van der Waals surface area contributed by atoms with Gasteiger partial charge in [0, 0.05) is 73.7 Å². The summed E-state index contributed by atoms with van der Waals surface area (Å²) in [4.78, 5) is 39.1. The molecule has 1 aromatic carbocycles. The summed E-state index contributed by atoms with van der Waals surface area (Å²) < 4.78 is 7.03. The van der Waals surface area contributed by atoms with Gasteiger partial charge in [-0.2, -0.15) is 0 Å². The summed E-state index contributed by atoms with van der Waals surface area (Å²) >= 11 is 0. The van der Waals surface area contributed by atoms with E-state index in [-0.39, 0.29) is 11.5 Å². The highest BCUT2D eigenvalue weighted by Gasteiger charge is 2.29. The third kappa shape index (κ3) is 4.08. The highest BCUT2D eigenvalue weighted by atomic mass is 16.5. The number of carbonyl (C=O) groups is 1. The van der Waals surface area contributed by atoms with Crippen molar-refractivity contribution in [1.29, 1.82) is 0 Å². The molecule has 0 aliphatic carbocycles. The molecule has 8 heteroatoms. The molecule has 0 bridgehead atoms. The molecule has 8 nitrogen and oxygen atoms in total. The maximum absolute atomic E-state index is 13.8. The molecule has 0 unspecified atom stereocenters. The minimum absolute atomic E-state index is 0.0196. The molecule has 5 rings (SSSR count). The monoisotopic (exact) mass is 445 g/mol. The number of fused-ring (bicyclic) bond motifs is 1. The Morgan fingerprint density at radius 3 is 2.39 bits per heavy atom.